The molecule has 1 atom stereocenters. The van der Waals surface area contributed by atoms with Gasteiger partial charge in [0.2, 0.25) is 5.91 Å². The number of carbonyl (C=O) groups excluding carboxylic acids is 1. The summed E-state index contributed by atoms with van der Waals surface area (Å²) in [6.45, 7) is 2.45. The number of anilines is 1. The maximum absolute atomic E-state index is 12.4. The summed E-state index contributed by atoms with van der Waals surface area (Å²) in [5, 5.41) is 3.05. The number of methoxy groups -OCH3 is 2. The lowest BCUT2D eigenvalue weighted by Gasteiger charge is -2.27. The minimum Gasteiger partial charge on any atom is -0.493 e. The number of carbonyl (C=O) groups is 1. The molecule has 1 aromatic carbocycles. The monoisotopic (exact) mass is 356 g/mol. The number of sulfone groups is 1. The molecule has 0 bridgehead atoms. The quantitative estimate of drug-likeness (QED) is 0.789. The molecule has 24 heavy (non-hydrogen) atoms. The molecule has 8 heteroatoms. The van der Waals surface area contributed by atoms with Crippen LogP contribution in [0.2, 0.25) is 0 Å². The van der Waals surface area contributed by atoms with E-state index in [1.165, 1.54) is 0 Å². The van der Waals surface area contributed by atoms with Crippen LogP contribution in [0.15, 0.2) is 18.2 Å². The molecule has 0 aliphatic carbocycles. The van der Waals surface area contributed by atoms with Gasteiger partial charge in [-0.15, -0.1) is 0 Å². The molecule has 0 saturated carbocycles. The molecule has 0 aromatic heterocycles. The lowest BCUT2D eigenvalue weighted by atomic mass is 10.2. The van der Waals surface area contributed by atoms with Crippen molar-refractivity contribution in [2.75, 3.05) is 44.1 Å². The molecule has 0 radical (unpaired) electrons. The van der Waals surface area contributed by atoms with Gasteiger partial charge in [0.05, 0.1) is 32.3 Å². The van der Waals surface area contributed by atoms with Crippen molar-refractivity contribution >= 4 is 21.4 Å². The van der Waals surface area contributed by atoms with Gasteiger partial charge in [0.1, 0.15) is 0 Å². The van der Waals surface area contributed by atoms with Crippen molar-refractivity contribution in [3.05, 3.63) is 18.2 Å². The number of benzene rings is 1. The van der Waals surface area contributed by atoms with Gasteiger partial charge in [-0.05, 0) is 25.5 Å². The first-order valence-corrected chi connectivity index (χ1v) is 9.68. The molecular formula is C16H24N2O5S. The number of nitrogens with one attached hydrogen (secondary N) is 1. The van der Waals surface area contributed by atoms with E-state index in [2.05, 4.69) is 5.32 Å². The zero-order valence-electron chi connectivity index (χ0n) is 14.2. The minimum atomic E-state index is -3.01. The van der Waals surface area contributed by atoms with Crippen molar-refractivity contribution in [3.8, 4) is 11.5 Å². The van der Waals surface area contributed by atoms with Crippen LogP contribution in [0.3, 0.4) is 0 Å². The Morgan fingerprint density at radius 2 is 2.00 bits per heavy atom. The van der Waals surface area contributed by atoms with E-state index in [4.69, 9.17) is 9.47 Å². The number of amides is 1. The van der Waals surface area contributed by atoms with Crippen molar-refractivity contribution in [3.63, 3.8) is 0 Å². The second-order valence-corrected chi connectivity index (χ2v) is 7.89. The second kappa shape index (κ2) is 7.74. The maximum Gasteiger partial charge on any atom is 0.242 e. The van der Waals surface area contributed by atoms with Crippen LogP contribution in [0.25, 0.3) is 0 Å². The van der Waals surface area contributed by atoms with Gasteiger partial charge in [0.15, 0.2) is 21.3 Å². The number of hydrogen-bond donors (Lipinski definition) is 1. The normalized spacial score (nSPS) is 18.9. The predicted octanol–water partition coefficient (Wildman–Crippen LogP) is 1.15. The summed E-state index contributed by atoms with van der Waals surface area (Å²) in [7, 11) is 0.0939. The van der Waals surface area contributed by atoms with Crippen molar-refractivity contribution < 1.29 is 22.7 Å². The molecule has 7 nitrogen and oxygen atoms in total. The molecule has 1 amide bonds. The number of nitrogens with zero attached hydrogens (tertiary/aromatic N) is 1. The highest BCUT2D eigenvalue weighted by molar-refractivity contribution is 7.91. The van der Waals surface area contributed by atoms with E-state index >= 15 is 0 Å². The van der Waals surface area contributed by atoms with Crippen molar-refractivity contribution in [1.82, 2.24) is 4.90 Å². The summed E-state index contributed by atoms with van der Waals surface area (Å²) in [6.07, 6.45) is 0.512. The van der Waals surface area contributed by atoms with Crippen molar-refractivity contribution in [1.29, 1.82) is 0 Å². The van der Waals surface area contributed by atoms with Crippen LogP contribution in [0.5, 0.6) is 11.5 Å². The van der Waals surface area contributed by atoms with E-state index in [0.29, 0.717) is 24.5 Å². The molecule has 1 fully saturated rings. The first kappa shape index (κ1) is 18.4. The Morgan fingerprint density at radius 3 is 2.54 bits per heavy atom. The van der Waals surface area contributed by atoms with E-state index in [9.17, 15) is 13.2 Å². The molecular weight excluding hydrogens is 332 g/mol. The molecule has 1 aromatic rings. The van der Waals surface area contributed by atoms with Gasteiger partial charge in [0, 0.05) is 24.3 Å². The highest BCUT2D eigenvalue weighted by Crippen LogP contribution is 2.29. The zero-order valence-corrected chi connectivity index (χ0v) is 15.1. The Labute approximate surface area is 142 Å². The zero-order chi connectivity index (χ0) is 17.7. The smallest absolute Gasteiger partial charge is 0.242 e. The maximum atomic E-state index is 12.4. The van der Waals surface area contributed by atoms with Gasteiger partial charge in [-0.2, -0.15) is 0 Å². The lowest BCUT2D eigenvalue weighted by molar-refractivity contribution is -0.130. The molecule has 1 heterocycles. The van der Waals surface area contributed by atoms with Gasteiger partial charge in [0.25, 0.3) is 0 Å². The number of rotatable bonds is 7. The van der Waals surface area contributed by atoms with E-state index < -0.39 is 9.84 Å². The summed E-state index contributed by atoms with van der Waals surface area (Å²) < 4.78 is 33.6. The molecule has 1 unspecified atom stereocenters. The third-order valence-electron chi connectivity index (χ3n) is 4.14. The molecule has 2 rings (SSSR count). The highest BCUT2D eigenvalue weighted by Gasteiger charge is 2.33. The SMILES string of the molecule is CCN(C(=O)CNc1ccc(OC)c(OC)c1)C1CCS(=O)(=O)C1. The number of hydrogen-bond acceptors (Lipinski definition) is 6. The third kappa shape index (κ3) is 4.31. The van der Waals surface area contributed by atoms with Crippen LogP contribution in [0.1, 0.15) is 13.3 Å². The average Bonchev–Trinajstić information content (AvgIpc) is 2.92. The van der Waals surface area contributed by atoms with Crippen LogP contribution >= 0.6 is 0 Å². The second-order valence-electron chi connectivity index (χ2n) is 5.66. The molecule has 1 aliphatic rings. The van der Waals surface area contributed by atoms with Gasteiger partial charge >= 0.3 is 0 Å². The number of likely N-dealkylation sites (N-methyl/N-ethyl adjacent to an activating group) is 1. The summed E-state index contributed by atoms with van der Waals surface area (Å²) >= 11 is 0. The Hall–Kier alpha value is -1.96. The Balaban J connectivity index is 1.99. The number of ether oxygens (including phenoxy) is 2. The molecule has 1 aliphatic heterocycles. The van der Waals surface area contributed by atoms with Gasteiger partial charge in [-0.3, -0.25) is 4.79 Å². The lowest BCUT2D eigenvalue weighted by Crippen LogP contribution is -2.43. The van der Waals surface area contributed by atoms with E-state index in [1.807, 2.05) is 6.92 Å². The van der Waals surface area contributed by atoms with Gasteiger partial charge < -0.3 is 19.7 Å². The largest absolute Gasteiger partial charge is 0.493 e. The molecule has 0 spiro atoms. The van der Waals surface area contributed by atoms with E-state index in [-0.39, 0.29) is 30.0 Å². The standard InChI is InChI=1S/C16H24N2O5S/c1-4-18(13-7-8-24(20,21)11-13)16(19)10-17-12-5-6-14(22-2)15(9-12)23-3/h5-6,9,13,17H,4,7-8,10-11H2,1-3H3. The van der Waals surface area contributed by atoms with E-state index in [1.54, 1.807) is 37.3 Å². The highest BCUT2D eigenvalue weighted by atomic mass is 32.2. The van der Waals surface area contributed by atoms with Gasteiger partial charge in [-0.25, -0.2) is 8.42 Å². The van der Waals surface area contributed by atoms with Crippen LogP contribution in [0, 0.1) is 0 Å². The summed E-state index contributed by atoms with van der Waals surface area (Å²) in [6, 6.07) is 5.08. The van der Waals surface area contributed by atoms with Crippen LogP contribution in [-0.4, -0.2) is 64.1 Å². The Bertz CT molecular complexity index is 690. The van der Waals surface area contributed by atoms with Crippen molar-refractivity contribution in [2.45, 2.75) is 19.4 Å². The molecule has 134 valence electrons. The fourth-order valence-electron chi connectivity index (χ4n) is 2.88. The molecule has 1 saturated heterocycles. The van der Waals surface area contributed by atoms with Crippen molar-refractivity contribution in [2.24, 2.45) is 0 Å². The Morgan fingerprint density at radius 1 is 1.29 bits per heavy atom. The van der Waals surface area contributed by atoms with Crippen LogP contribution < -0.4 is 14.8 Å². The van der Waals surface area contributed by atoms with Crippen LogP contribution in [0.4, 0.5) is 5.69 Å². The van der Waals surface area contributed by atoms with E-state index in [0.717, 1.165) is 5.69 Å². The van der Waals surface area contributed by atoms with Gasteiger partial charge in [-0.1, -0.05) is 0 Å². The topological polar surface area (TPSA) is 84.9 Å². The predicted molar refractivity (Wildman–Crippen MR) is 92.5 cm³/mol. The first-order valence-electron chi connectivity index (χ1n) is 7.86. The first-order chi connectivity index (χ1) is 11.4. The average molecular weight is 356 g/mol. The third-order valence-corrected chi connectivity index (χ3v) is 5.89. The fraction of sp³-hybridized carbons (Fsp3) is 0.562. The summed E-state index contributed by atoms with van der Waals surface area (Å²) in [5.74, 6) is 1.28. The Kier molecular flexibility index (Phi) is 5.93. The minimum absolute atomic E-state index is 0.0585. The summed E-state index contributed by atoms with van der Waals surface area (Å²) in [4.78, 5) is 14.1. The van der Waals surface area contributed by atoms with Crippen LogP contribution in [-0.2, 0) is 14.6 Å². The molecule has 1 N–H and O–H groups in total. The summed E-state index contributed by atoms with van der Waals surface area (Å²) in [5.41, 5.74) is 0.732. The fourth-order valence-corrected chi connectivity index (χ4v) is 4.62.